The fourth-order valence-corrected chi connectivity index (χ4v) is 4.19. The van der Waals surface area contributed by atoms with Crippen LogP contribution in [0.3, 0.4) is 0 Å². The molecule has 0 heterocycles. The van der Waals surface area contributed by atoms with E-state index in [0.717, 1.165) is 12.3 Å². The summed E-state index contributed by atoms with van der Waals surface area (Å²) in [6.45, 7) is -1.13. The van der Waals surface area contributed by atoms with Gasteiger partial charge >= 0.3 is 33.4 Å². The summed E-state index contributed by atoms with van der Waals surface area (Å²) in [6, 6.07) is 8.88. The number of anilines is 2. The minimum absolute atomic E-state index is 0.220. The number of rotatable bonds is 13. The molecule has 0 fully saturated rings. The second kappa shape index (κ2) is 23.2. The van der Waals surface area contributed by atoms with E-state index < -0.39 is 64.8 Å². The van der Waals surface area contributed by atoms with E-state index in [1.807, 2.05) is 0 Å². The lowest BCUT2D eigenvalue weighted by molar-refractivity contribution is -0.142. The molecule has 0 aliphatic rings. The van der Waals surface area contributed by atoms with Gasteiger partial charge in [-0.3, -0.25) is 24.8 Å². The number of sulfone groups is 1. The molecule has 0 saturated heterocycles. The average Bonchev–Trinajstić information content (AvgIpc) is 2.96. The van der Waals surface area contributed by atoms with Crippen LogP contribution in [0.2, 0.25) is 20.1 Å². The van der Waals surface area contributed by atoms with E-state index in [-0.39, 0.29) is 36.5 Å². The highest BCUT2D eigenvalue weighted by Crippen LogP contribution is 2.26. The Bertz CT molecular complexity index is 1810. The van der Waals surface area contributed by atoms with Crippen LogP contribution in [0.1, 0.15) is 0 Å². The minimum Gasteiger partial charge on any atom is -0.461 e. The van der Waals surface area contributed by atoms with Gasteiger partial charge in [-0.1, -0.05) is 50.8 Å². The van der Waals surface area contributed by atoms with Gasteiger partial charge in [-0.2, -0.15) is 16.8 Å². The van der Waals surface area contributed by atoms with Crippen molar-refractivity contribution in [2.75, 3.05) is 54.8 Å². The molecule has 0 bridgehead atoms. The average molecular weight is 884 g/mol. The molecule has 0 unspecified atom stereocenters. The second-order valence-electron chi connectivity index (χ2n) is 8.61. The zero-order chi connectivity index (χ0) is 39.4. The van der Waals surface area contributed by atoms with Crippen molar-refractivity contribution in [1.82, 2.24) is 0 Å². The maximum Gasteiger partial charge on any atom is 0.411 e. The number of nitrogens with one attached hydrogen (secondary N) is 2. The van der Waals surface area contributed by atoms with Gasteiger partial charge in [0.1, 0.15) is 32.2 Å². The highest BCUT2D eigenvalue weighted by Gasteiger charge is 2.15. The van der Waals surface area contributed by atoms with Gasteiger partial charge in [0.25, 0.3) is 16.2 Å². The van der Waals surface area contributed by atoms with E-state index in [1.54, 1.807) is 0 Å². The van der Waals surface area contributed by atoms with Crippen LogP contribution in [-0.2, 0) is 62.5 Å². The fourth-order valence-electron chi connectivity index (χ4n) is 2.53. The molecule has 0 radical (unpaired) electrons. The van der Waals surface area contributed by atoms with Crippen molar-refractivity contribution >= 4 is 128 Å². The van der Waals surface area contributed by atoms with E-state index in [1.165, 1.54) is 36.4 Å². The number of isocyanates is 1. The van der Waals surface area contributed by atoms with Crippen LogP contribution in [0.25, 0.3) is 0 Å². The Kier molecular flexibility index (Phi) is 21.6. The van der Waals surface area contributed by atoms with Crippen molar-refractivity contribution in [3.05, 3.63) is 56.5 Å². The van der Waals surface area contributed by atoms with E-state index in [4.69, 9.17) is 60.5 Å². The van der Waals surface area contributed by atoms with Crippen LogP contribution in [-0.4, -0.2) is 104 Å². The summed E-state index contributed by atoms with van der Waals surface area (Å²) in [6.07, 6.45) is 0.0654. The molecule has 19 nitrogen and oxygen atoms in total. The molecule has 0 saturated carbocycles. The summed E-state index contributed by atoms with van der Waals surface area (Å²) in [5.74, 6) is -3.95. The molecule has 2 aromatic carbocycles. The van der Waals surface area contributed by atoms with E-state index in [2.05, 4.69) is 39.9 Å². The molecule has 2 rings (SSSR count). The molecular formula is C24H24Cl5N3O16S3. The maximum absolute atomic E-state index is 11.4. The Morgan fingerprint density at radius 1 is 0.686 bits per heavy atom. The SMILES string of the molecule is CS(=O)(=O)CC(=O)OCCOC(=O)Nc1ccc(Cl)c(Cl)c1.O=C(CS(=O)(=O)O)OCCOC(=O)Nc1ccc(Cl)c(Cl)c1.O=C=NS(=O)(=O)Cl. The van der Waals surface area contributed by atoms with Crippen LogP contribution < -0.4 is 10.6 Å². The Morgan fingerprint density at radius 3 is 1.35 bits per heavy atom. The summed E-state index contributed by atoms with van der Waals surface area (Å²) in [5, 5.41) is 5.94. The number of hydrogen-bond acceptors (Lipinski definition) is 15. The molecule has 3 N–H and O–H groups in total. The number of carbonyl (C=O) groups excluding carboxylic acids is 5. The summed E-state index contributed by atoms with van der Waals surface area (Å²) in [5.41, 5.74) is 0.733. The highest BCUT2D eigenvalue weighted by molar-refractivity contribution is 8.12. The molecule has 27 heteroatoms. The van der Waals surface area contributed by atoms with E-state index in [0.29, 0.717) is 21.4 Å². The maximum atomic E-state index is 11.4. The summed E-state index contributed by atoms with van der Waals surface area (Å²) in [4.78, 5) is 53.9. The number of ether oxygens (including phenoxy) is 4. The van der Waals surface area contributed by atoms with E-state index in [9.17, 15) is 44.4 Å². The summed E-state index contributed by atoms with van der Waals surface area (Å²) >= 11 is 23.0. The van der Waals surface area contributed by atoms with Gasteiger partial charge in [0.2, 0.25) is 0 Å². The predicted molar refractivity (Wildman–Crippen MR) is 184 cm³/mol. The lowest BCUT2D eigenvalue weighted by atomic mass is 10.3. The summed E-state index contributed by atoms with van der Waals surface area (Å²) < 4.78 is 90.6. The molecule has 0 aromatic heterocycles. The zero-order valence-corrected chi connectivity index (χ0v) is 31.6. The van der Waals surface area contributed by atoms with Crippen LogP contribution in [0, 0.1) is 0 Å². The smallest absolute Gasteiger partial charge is 0.411 e. The first-order chi connectivity index (χ1) is 23.4. The predicted octanol–water partition coefficient (Wildman–Crippen LogP) is 3.91. The first-order valence-electron chi connectivity index (χ1n) is 12.7. The molecular weight excluding hydrogens is 860 g/mol. The van der Waals surface area contributed by atoms with Crippen molar-refractivity contribution in [2.45, 2.75) is 0 Å². The number of carbonyl (C=O) groups is 4. The first-order valence-corrected chi connectivity index (χ1v) is 20.1. The van der Waals surface area contributed by atoms with Crippen molar-refractivity contribution < 1.29 is 72.7 Å². The topological polar surface area (TPSA) is 281 Å². The molecule has 2 amide bonds. The lowest BCUT2D eigenvalue weighted by Crippen LogP contribution is -2.21. The Labute approximate surface area is 314 Å². The largest absolute Gasteiger partial charge is 0.461 e. The molecule has 284 valence electrons. The van der Waals surface area contributed by atoms with Gasteiger partial charge in [0.15, 0.2) is 15.6 Å². The number of benzene rings is 2. The third kappa shape index (κ3) is 27.0. The summed E-state index contributed by atoms with van der Waals surface area (Å²) in [7, 11) is -7.51. The molecule has 51 heavy (non-hydrogen) atoms. The van der Waals surface area contributed by atoms with Gasteiger partial charge in [0, 0.05) is 28.3 Å². The number of amides is 2. The molecule has 0 aliphatic heterocycles. The fraction of sp³-hybridized carbons (Fsp3) is 0.292. The molecule has 0 aliphatic carbocycles. The van der Waals surface area contributed by atoms with Gasteiger partial charge in [-0.15, -0.1) is 0 Å². The quantitative estimate of drug-likeness (QED) is 0.0489. The molecule has 2 aromatic rings. The van der Waals surface area contributed by atoms with E-state index >= 15 is 0 Å². The Balaban J connectivity index is 0.000000827. The van der Waals surface area contributed by atoms with Crippen LogP contribution >= 0.6 is 57.1 Å². The zero-order valence-electron chi connectivity index (χ0n) is 25.3. The monoisotopic (exact) mass is 881 g/mol. The standard InChI is InChI=1S/C12H13Cl2NO6S.C11H11Cl2NO7S.CClNO3S/c1-22(18,19)7-11(16)20-4-5-21-12(17)15-8-2-3-9(13)10(14)6-8;12-8-2-1-7(5-9(8)13)14-11(16)21-4-3-20-10(15)6-22(17,18)19;2-7(5,6)3-1-4/h2-3,6H,4-5,7H2,1H3,(H,15,17);1-2,5H,3-4,6H2,(H,14,16)(H,17,18,19);. The first kappa shape index (κ1) is 47.6. The second-order valence-corrected chi connectivity index (χ2v) is 16.0. The third-order valence-electron chi connectivity index (χ3n) is 4.32. The Hall–Kier alpha value is -3.44. The normalized spacial score (nSPS) is 10.7. The van der Waals surface area contributed by atoms with Gasteiger partial charge in [-0.05, 0) is 36.4 Å². The Morgan fingerprint density at radius 2 is 1.06 bits per heavy atom. The van der Waals surface area contributed by atoms with Gasteiger partial charge < -0.3 is 18.9 Å². The van der Waals surface area contributed by atoms with Crippen molar-refractivity contribution in [1.29, 1.82) is 0 Å². The minimum atomic E-state index is -4.44. The number of esters is 2. The molecule has 0 atom stereocenters. The van der Waals surface area contributed by atoms with Gasteiger partial charge in [-0.25, -0.2) is 22.8 Å². The highest BCUT2D eigenvalue weighted by atomic mass is 35.7. The number of hydrogen-bond donors (Lipinski definition) is 3. The van der Waals surface area contributed by atoms with Crippen LogP contribution in [0.15, 0.2) is 40.8 Å². The number of nitrogens with zero attached hydrogens (tertiary/aromatic N) is 1. The van der Waals surface area contributed by atoms with Crippen molar-refractivity contribution in [3.8, 4) is 0 Å². The van der Waals surface area contributed by atoms with Crippen LogP contribution in [0.4, 0.5) is 21.0 Å². The van der Waals surface area contributed by atoms with Crippen LogP contribution in [0.5, 0.6) is 0 Å². The van der Waals surface area contributed by atoms with Crippen molar-refractivity contribution in [2.24, 2.45) is 4.40 Å². The van der Waals surface area contributed by atoms with Gasteiger partial charge in [0.05, 0.1) is 20.1 Å². The lowest BCUT2D eigenvalue weighted by Gasteiger charge is -2.08. The number of halogens is 5. The third-order valence-corrected chi connectivity index (χ3v) is 7.66. The molecule has 0 spiro atoms. The van der Waals surface area contributed by atoms with Crippen molar-refractivity contribution in [3.63, 3.8) is 0 Å².